The van der Waals surface area contributed by atoms with Crippen molar-refractivity contribution in [2.24, 2.45) is 0 Å². The van der Waals surface area contributed by atoms with Gasteiger partial charge in [-0.3, -0.25) is 9.78 Å². The average Bonchev–Trinajstić information content (AvgIpc) is 2.44. The molecule has 0 aromatic heterocycles. The molecule has 2 aromatic carbocycles. The van der Waals surface area contributed by atoms with Crippen LogP contribution in [0.5, 0.6) is 17.2 Å². The number of rotatable bonds is 5. The maximum atomic E-state index is 11.1. The highest BCUT2D eigenvalue weighted by molar-refractivity contribution is 5.94. The normalized spacial score (nSPS) is 10.0. The first kappa shape index (κ1) is 15.2. The molecule has 2 rings (SSSR count). The number of carbonyl (C=O) groups is 2. The Morgan fingerprint density at radius 2 is 1.64 bits per heavy atom. The molecule has 0 aliphatic heterocycles. The van der Waals surface area contributed by atoms with Gasteiger partial charge in [0.15, 0.2) is 11.5 Å². The number of benzene rings is 2. The minimum atomic E-state index is -1.40. The molecule has 7 nitrogen and oxygen atoms in total. The lowest BCUT2D eigenvalue weighted by atomic mass is 10.1. The fourth-order valence-electron chi connectivity index (χ4n) is 1.77. The molecule has 0 unspecified atom stereocenters. The largest absolute Gasteiger partial charge is 0.507 e. The monoisotopic (exact) mass is 304 g/mol. The van der Waals surface area contributed by atoms with Gasteiger partial charge in [-0.1, -0.05) is 12.1 Å². The van der Waals surface area contributed by atoms with E-state index in [2.05, 4.69) is 0 Å². The molecule has 22 heavy (non-hydrogen) atoms. The maximum Gasteiger partial charge on any atom is 0.343 e. The maximum absolute atomic E-state index is 11.1. The number of hydrogen-bond acceptors (Lipinski definition) is 5. The van der Waals surface area contributed by atoms with Crippen molar-refractivity contribution in [2.45, 2.75) is 6.92 Å². The Morgan fingerprint density at radius 1 is 0.955 bits per heavy atom. The molecular weight excluding hydrogens is 292 g/mol. The summed E-state index contributed by atoms with van der Waals surface area (Å²) >= 11 is 0. The van der Waals surface area contributed by atoms with Gasteiger partial charge < -0.3 is 15.3 Å². The van der Waals surface area contributed by atoms with Crippen LogP contribution in [0.2, 0.25) is 0 Å². The lowest BCUT2D eigenvalue weighted by Gasteiger charge is -2.11. The van der Waals surface area contributed by atoms with Crippen molar-refractivity contribution in [2.75, 3.05) is 0 Å². The molecule has 114 valence electrons. The molecule has 0 spiro atoms. The standard InChI is InChI=1S/C15H12O7/c1-8-5-6-9(14(17)18)12(7-8)22-21-11-4-2-3-10(16)13(11)15(19)20/h2-7,16H,1H3,(H,17,18)(H,19,20). The minimum absolute atomic E-state index is 0.0767. The second-order valence-electron chi connectivity index (χ2n) is 4.43. The van der Waals surface area contributed by atoms with Crippen LogP contribution in [0.4, 0.5) is 0 Å². The number of aromatic carboxylic acids is 2. The van der Waals surface area contributed by atoms with Gasteiger partial charge in [0, 0.05) is 0 Å². The van der Waals surface area contributed by atoms with Crippen LogP contribution in [-0.2, 0) is 0 Å². The molecule has 0 amide bonds. The predicted octanol–water partition coefficient (Wildman–Crippen LogP) is 2.47. The summed E-state index contributed by atoms with van der Waals surface area (Å²) in [6, 6.07) is 8.21. The summed E-state index contributed by atoms with van der Waals surface area (Å²) in [5.74, 6) is -3.43. The quantitative estimate of drug-likeness (QED) is 0.574. The summed E-state index contributed by atoms with van der Waals surface area (Å²) in [5, 5.41) is 27.6. The van der Waals surface area contributed by atoms with Crippen LogP contribution in [0.25, 0.3) is 0 Å². The molecule has 0 radical (unpaired) electrons. The van der Waals surface area contributed by atoms with Gasteiger partial charge in [0.25, 0.3) is 0 Å². The third-order valence-corrected chi connectivity index (χ3v) is 2.81. The fraction of sp³-hybridized carbons (Fsp3) is 0.0667. The zero-order chi connectivity index (χ0) is 16.3. The Bertz CT molecular complexity index is 735. The van der Waals surface area contributed by atoms with E-state index in [1.807, 2.05) is 0 Å². The van der Waals surface area contributed by atoms with Crippen molar-refractivity contribution in [1.82, 2.24) is 0 Å². The van der Waals surface area contributed by atoms with Crippen LogP contribution >= 0.6 is 0 Å². The second kappa shape index (κ2) is 6.04. The number of carboxylic acid groups (broad SMARTS) is 2. The van der Waals surface area contributed by atoms with Crippen LogP contribution in [0, 0.1) is 6.92 Å². The summed E-state index contributed by atoms with van der Waals surface area (Å²) in [6.45, 7) is 1.73. The molecule has 0 atom stereocenters. The molecule has 0 fully saturated rings. The summed E-state index contributed by atoms with van der Waals surface area (Å²) in [6.07, 6.45) is 0. The molecule has 0 heterocycles. The first-order valence-corrected chi connectivity index (χ1v) is 6.14. The van der Waals surface area contributed by atoms with E-state index < -0.39 is 23.3 Å². The predicted molar refractivity (Wildman–Crippen MR) is 74.5 cm³/mol. The van der Waals surface area contributed by atoms with Gasteiger partial charge in [-0.25, -0.2) is 9.59 Å². The summed E-state index contributed by atoms with van der Waals surface area (Å²) in [7, 11) is 0. The lowest BCUT2D eigenvalue weighted by molar-refractivity contribution is -0.101. The fourth-order valence-corrected chi connectivity index (χ4v) is 1.77. The highest BCUT2D eigenvalue weighted by atomic mass is 17.2. The molecule has 3 N–H and O–H groups in total. The summed E-state index contributed by atoms with van der Waals surface area (Å²) in [4.78, 5) is 32.1. The van der Waals surface area contributed by atoms with E-state index in [9.17, 15) is 14.7 Å². The van der Waals surface area contributed by atoms with Gasteiger partial charge in [0.2, 0.25) is 0 Å². The van der Waals surface area contributed by atoms with Crippen LogP contribution in [0.3, 0.4) is 0 Å². The molecule has 0 aliphatic carbocycles. The van der Waals surface area contributed by atoms with Crippen molar-refractivity contribution in [3.8, 4) is 17.2 Å². The highest BCUT2D eigenvalue weighted by Gasteiger charge is 2.19. The molecule has 7 heteroatoms. The first-order valence-electron chi connectivity index (χ1n) is 6.14. The van der Waals surface area contributed by atoms with Crippen molar-refractivity contribution in [3.63, 3.8) is 0 Å². The zero-order valence-corrected chi connectivity index (χ0v) is 11.4. The third kappa shape index (κ3) is 3.09. The Labute approximate surface area is 124 Å². The summed E-state index contributed by atoms with van der Waals surface area (Å²) < 4.78 is 0. The second-order valence-corrected chi connectivity index (χ2v) is 4.43. The van der Waals surface area contributed by atoms with Crippen molar-refractivity contribution < 1.29 is 34.7 Å². The molecule has 0 aliphatic rings. The van der Waals surface area contributed by atoms with Crippen LogP contribution in [0.1, 0.15) is 26.3 Å². The number of carboxylic acids is 2. The minimum Gasteiger partial charge on any atom is -0.507 e. The van der Waals surface area contributed by atoms with E-state index in [0.717, 1.165) is 5.56 Å². The lowest BCUT2D eigenvalue weighted by Crippen LogP contribution is -2.09. The van der Waals surface area contributed by atoms with E-state index >= 15 is 0 Å². The van der Waals surface area contributed by atoms with Crippen molar-refractivity contribution in [1.29, 1.82) is 0 Å². The van der Waals surface area contributed by atoms with E-state index in [-0.39, 0.29) is 17.1 Å². The molecular formula is C15H12O7. The topological polar surface area (TPSA) is 113 Å². The zero-order valence-electron chi connectivity index (χ0n) is 11.4. The van der Waals surface area contributed by atoms with Crippen molar-refractivity contribution in [3.05, 3.63) is 53.1 Å². The SMILES string of the molecule is Cc1ccc(C(=O)O)c(OOc2cccc(O)c2C(=O)O)c1. The van der Waals surface area contributed by atoms with Crippen LogP contribution in [0.15, 0.2) is 36.4 Å². The highest BCUT2D eigenvalue weighted by Crippen LogP contribution is 2.29. The molecule has 2 aromatic rings. The Hall–Kier alpha value is -3.22. The Balaban J connectivity index is 2.32. The van der Waals surface area contributed by atoms with Crippen molar-refractivity contribution >= 4 is 11.9 Å². The van der Waals surface area contributed by atoms with Gasteiger partial charge in [0.05, 0.1) is 0 Å². The average molecular weight is 304 g/mol. The van der Waals surface area contributed by atoms with E-state index in [1.165, 1.54) is 30.3 Å². The molecule has 0 bridgehead atoms. The van der Waals surface area contributed by atoms with Gasteiger partial charge in [0.1, 0.15) is 16.9 Å². The van der Waals surface area contributed by atoms with Gasteiger partial charge in [-0.2, -0.15) is 0 Å². The number of hydrogen-bond donors (Lipinski definition) is 3. The first-order chi connectivity index (χ1) is 10.4. The number of aryl methyl sites for hydroxylation is 1. The van der Waals surface area contributed by atoms with Crippen LogP contribution in [-0.4, -0.2) is 27.3 Å². The number of aromatic hydroxyl groups is 1. The van der Waals surface area contributed by atoms with E-state index in [1.54, 1.807) is 13.0 Å². The summed E-state index contributed by atoms with van der Waals surface area (Å²) in [5.41, 5.74) is 0.118. The van der Waals surface area contributed by atoms with E-state index in [0.29, 0.717) is 0 Å². The third-order valence-electron chi connectivity index (χ3n) is 2.81. The number of phenols is 1. The molecule has 0 saturated carbocycles. The van der Waals surface area contributed by atoms with Gasteiger partial charge >= 0.3 is 11.9 Å². The van der Waals surface area contributed by atoms with E-state index in [4.69, 9.17) is 20.0 Å². The van der Waals surface area contributed by atoms with Gasteiger partial charge in [-0.05, 0) is 36.8 Å². The van der Waals surface area contributed by atoms with Crippen LogP contribution < -0.4 is 9.78 Å². The van der Waals surface area contributed by atoms with Gasteiger partial charge in [-0.15, -0.1) is 0 Å². The Morgan fingerprint density at radius 3 is 2.27 bits per heavy atom. The Kier molecular flexibility index (Phi) is 4.17. The molecule has 0 saturated heterocycles. The smallest absolute Gasteiger partial charge is 0.343 e.